The van der Waals surface area contributed by atoms with Gasteiger partial charge in [-0.15, -0.1) is 0 Å². The van der Waals surface area contributed by atoms with Gasteiger partial charge in [0.25, 0.3) is 0 Å². The first-order valence-corrected chi connectivity index (χ1v) is 6.62. The Balaban J connectivity index is 1.97. The second-order valence-corrected chi connectivity index (χ2v) is 4.86. The zero-order chi connectivity index (χ0) is 13.5. The molecule has 0 amide bonds. The molecule has 0 fully saturated rings. The van der Waals surface area contributed by atoms with Crippen molar-refractivity contribution in [1.29, 1.82) is 0 Å². The number of rotatable bonds is 6. The quantitative estimate of drug-likeness (QED) is 0.859. The van der Waals surface area contributed by atoms with E-state index in [2.05, 4.69) is 47.3 Å². The lowest BCUT2D eigenvalue weighted by Gasteiger charge is -2.27. The van der Waals surface area contributed by atoms with Crippen molar-refractivity contribution in [1.82, 2.24) is 9.88 Å². The molecule has 1 atom stereocenters. The van der Waals surface area contributed by atoms with Crippen molar-refractivity contribution < 1.29 is 0 Å². The van der Waals surface area contributed by atoms with Crippen molar-refractivity contribution in [3.05, 3.63) is 66.0 Å². The van der Waals surface area contributed by atoms with E-state index in [0.717, 1.165) is 13.0 Å². The molecule has 0 bridgehead atoms. The van der Waals surface area contributed by atoms with Crippen molar-refractivity contribution in [3.63, 3.8) is 0 Å². The molecule has 2 rings (SSSR count). The summed E-state index contributed by atoms with van der Waals surface area (Å²) >= 11 is 0. The molecular formula is C16H21N3. The first-order valence-electron chi connectivity index (χ1n) is 6.62. The molecule has 0 aliphatic heterocycles. The van der Waals surface area contributed by atoms with Gasteiger partial charge >= 0.3 is 0 Å². The first kappa shape index (κ1) is 13.7. The van der Waals surface area contributed by atoms with Gasteiger partial charge in [0.1, 0.15) is 0 Å². The van der Waals surface area contributed by atoms with Crippen molar-refractivity contribution in [2.75, 3.05) is 13.6 Å². The monoisotopic (exact) mass is 255 g/mol. The lowest BCUT2D eigenvalue weighted by molar-refractivity contribution is 0.237. The summed E-state index contributed by atoms with van der Waals surface area (Å²) in [4.78, 5) is 6.44. The number of likely N-dealkylation sites (N-methyl/N-ethyl adjacent to an activating group) is 1. The number of aromatic nitrogens is 1. The summed E-state index contributed by atoms with van der Waals surface area (Å²) < 4.78 is 0. The van der Waals surface area contributed by atoms with Gasteiger partial charge in [0.05, 0.1) is 0 Å². The Bertz CT molecular complexity index is 470. The number of nitrogens with two attached hydrogens (primary N) is 1. The average Bonchev–Trinajstić information content (AvgIpc) is 2.47. The van der Waals surface area contributed by atoms with Gasteiger partial charge < -0.3 is 5.73 Å². The van der Waals surface area contributed by atoms with E-state index in [1.165, 1.54) is 11.1 Å². The van der Waals surface area contributed by atoms with Gasteiger partial charge in [-0.1, -0.05) is 36.4 Å². The largest absolute Gasteiger partial charge is 0.329 e. The molecule has 100 valence electrons. The molecule has 1 aromatic heterocycles. The first-order chi connectivity index (χ1) is 9.29. The van der Waals surface area contributed by atoms with Crippen LogP contribution in [0.4, 0.5) is 0 Å². The topological polar surface area (TPSA) is 42.2 Å². The van der Waals surface area contributed by atoms with Crippen LogP contribution in [0.15, 0.2) is 54.9 Å². The summed E-state index contributed by atoms with van der Waals surface area (Å²) in [6.07, 6.45) is 4.69. The molecule has 0 aliphatic rings. The standard InChI is InChI=1S/C16H21N3/c1-19(13-15-8-5-9-18-12-15)16(11-17)10-14-6-3-2-4-7-14/h2-9,12,16H,10-11,13,17H2,1H3. The van der Waals surface area contributed by atoms with Crippen molar-refractivity contribution in [2.24, 2.45) is 5.73 Å². The minimum absolute atomic E-state index is 0.350. The Morgan fingerprint density at radius 2 is 1.84 bits per heavy atom. The van der Waals surface area contributed by atoms with E-state index in [9.17, 15) is 0 Å². The van der Waals surface area contributed by atoms with E-state index in [1.807, 2.05) is 18.3 Å². The lowest BCUT2D eigenvalue weighted by Crippen LogP contribution is -2.39. The van der Waals surface area contributed by atoms with Crippen LogP contribution < -0.4 is 5.73 Å². The van der Waals surface area contributed by atoms with Crippen LogP contribution in [0.1, 0.15) is 11.1 Å². The molecule has 0 radical (unpaired) electrons. The van der Waals surface area contributed by atoms with Gasteiger partial charge in [-0.3, -0.25) is 9.88 Å². The molecule has 1 heterocycles. The van der Waals surface area contributed by atoms with Gasteiger partial charge in [0.2, 0.25) is 0 Å². The lowest BCUT2D eigenvalue weighted by atomic mass is 10.0. The number of hydrogen-bond acceptors (Lipinski definition) is 3. The summed E-state index contributed by atoms with van der Waals surface area (Å²) in [6.45, 7) is 1.54. The van der Waals surface area contributed by atoms with Crippen molar-refractivity contribution in [2.45, 2.75) is 19.0 Å². The zero-order valence-corrected chi connectivity index (χ0v) is 11.4. The highest BCUT2D eigenvalue weighted by molar-refractivity contribution is 5.16. The van der Waals surface area contributed by atoms with E-state index in [-0.39, 0.29) is 0 Å². The molecule has 0 saturated carbocycles. The number of nitrogens with zero attached hydrogens (tertiary/aromatic N) is 2. The van der Waals surface area contributed by atoms with E-state index in [4.69, 9.17) is 5.73 Å². The fourth-order valence-corrected chi connectivity index (χ4v) is 2.21. The minimum atomic E-state index is 0.350. The highest BCUT2D eigenvalue weighted by Gasteiger charge is 2.13. The van der Waals surface area contributed by atoms with Gasteiger partial charge in [-0.2, -0.15) is 0 Å². The predicted octanol–water partition coefficient (Wildman–Crippen LogP) is 2.08. The Labute approximate surface area is 115 Å². The summed E-state index contributed by atoms with van der Waals surface area (Å²) in [5.74, 6) is 0. The van der Waals surface area contributed by atoms with E-state index >= 15 is 0 Å². The third kappa shape index (κ3) is 4.16. The fraction of sp³-hybridized carbons (Fsp3) is 0.312. The molecule has 3 heteroatoms. The van der Waals surface area contributed by atoms with Crippen molar-refractivity contribution >= 4 is 0 Å². The predicted molar refractivity (Wildman–Crippen MR) is 78.7 cm³/mol. The van der Waals surface area contributed by atoms with Crippen LogP contribution in [0.25, 0.3) is 0 Å². The molecule has 1 aromatic carbocycles. The normalized spacial score (nSPS) is 12.6. The number of pyridine rings is 1. The van der Waals surface area contributed by atoms with E-state index < -0.39 is 0 Å². The van der Waals surface area contributed by atoms with Crippen LogP contribution in [0.2, 0.25) is 0 Å². The smallest absolute Gasteiger partial charge is 0.0312 e. The molecule has 0 saturated heterocycles. The van der Waals surface area contributed by atoms with Gasteiger partial charge in [-0.25, -0.2) is 0 Å². The van der Waals surface area contributed by atoms with E-state index in [1.54, 1.807) is 6.20 Å². The molecule has 19 heavy (non-hydrogen) atoms. The van der Waals surface area contributed by atoms with Gasteiger partial charge in [0, 0.05) is 31.5 Å². The molecule has 0 spiro atoms. The minimum Gasteiger partial charge on any atom is -0.329 e. The summed E-state index contributed by atoms with van der Waals surface area (Å²) in [5.41, 5.74) is 8.47. The second-order valence-electron chi connectivity index (χ2n) is 4.86. The van der Waals surface area contributed by atoms with Crippen LogP contribution in [0.5, 0.6) is 0 Å². The maximum atomic E-state index is 5.92. The molecule has 2 N–H and O–H groups in total. The summed E-state index contributed by atoms with van der Waals surface area (Å²) in [6, 6.07) is 14.9. The fourth-order valence-electron chi connectivity index (χ4n) is 2.21. The Morgan fingerprint density at radius 3 is 2.47 bits per heavy atom. The van der Waals surface area contributed by atoms with Crippen LogP contribution in [-0.4, -0.2) is 29.5 Å². The maximum Gasteiger partial charge on any atom is 0.0312 e. The molecule has 1 unspecified atom stereocenters. The number of benzene rings is 1. The summed E-state index contributed by atoms with van der Waals surface area (Å²) in [7, 11) is 2.12. The van der Waals surface area contributed by atoms with Gasteiger partial charge in [-0.05, 0) is 30.7 Å². The van der Waals surface area contributed by atoms with Gasteiger partial charge in [0.15, 0.2) is 0 Å². The number of hydrogen-bond donors (Lipinski definition) is 1. The third-order valence-electron chi connectivity index (χ3n) is 3.36. The SMILES string of the molecule is CN(Cc1cccnc1)C(CN)Cc1ccccc1. The molecule has 0 aliphatic carbocycles. The maximum absolute atomic E-state index is 5.92. The average molecular weight is 255 g/mol. The third-order valence-corrected chi connectivity index (χ3v) is 3.36. The van der Waals surface area contributed by atoms with E-state index in [0.29, 0.717) is 12.6 Å². The van der Waals surface area contributed by atoms with Crippen molar-refractivity contribution in [3.8, 4) is 0 Å². The van der Waals surface area contributed by atoms with Crippen LogP contribution in [-0.2, 0) is 13.0 Å². The second kappa shape index (κ2) is 7.02. The molecule has 2 aromatic rings. The summed E-state index contributed by atoms with van der Waals surface area (Å²) in [5, 5.41) is 0. The van der Waals surface area contributed by atoms with Crippen LogP contribution >= 0.6 is 0 Å². The molecular weight excluding hydrogens is 234 g/mol. The van der Waals surface area contributed by atoms with Crippen LogP contribution in [0.3, 0.4) is 0 Å². The highest BCUT2D eigenvalue weighted by atomic mass is 15.1. The Kier molecular flexibility index (Phi) is 5.07. The zero-order valence-electron chi connectivity index (χ0n) is 11.4. The van der Waals surface area contributed by atoms with Crippen LogP contribution in [0, 0.1) is 0 Å². The Hall–Kier alpha value is -1.71. The molecule has 3 nitrogen and oxygen atoms in total. The highest BCUT2D eigenvalue weighted by Crippen LogP contribution is 2.10. The Morgan fingerprint density at radius 1 is 1.11 bits per heavy atom.